The lowest BCUT2D eigenvalue weighted by Gasteiger charge is -2.31. The maximum Gasteiger partial charge on any atom is 0.0233 e. The van der Waals surface area contributed by atoms with Crippen molar-refractivity contribution in [3.05, 3.63) is 34.3 Å². The van der Waals surface area contributed by atoms with Gasteiger partial charge in [-0.3, -0.25) is 4.90 Å². The average Bonchev–Trinajstić information content (AvgIpc) is 2.33. The van der Waals surface area contributed by atoms with Gasteiger partial charge in [-0.15, -0.1) is 0 Å². The van der Waals surface area contributed by atoms with E-state index in [0.29, 0.717) is 0 Å². The molecular formula is C13H17Br2N. The SMILES string of the molecule is BrCC1CCN(Cc2ccc(Br)cc2)CC1. The summed E-state index contributed by atoms with van der Waals surface area (Å²) in [4.78, 5) is 2.56. The van der Waals surface area contributed by atoms with Crippen molar-refractivity contribution in [1.29, 1.82) is 0 Å². The molecule has 0 saturated carbocycles. The molecule has 1 aliphatic rings. The zero-order valence-electron chi connectivity index (χ0n) is 9.33. The molecule has 1 aromatic rings. The predicted molar refractivity (Wildman–Crippen MR) is 75.9 cm³/mol. The van der Waals surface area contributed by atoms with Crippen LogP contribution in [0.4, 0.5) is 0 Å². The topological polar surface area (TPSA) is 3.24 Å². The highest BCUT2D eigenvalue weighted by Gasteiger charge is 2.17. The zero-order valence-corrected chi connectivity index (χ0v) is 12.5. The van der Waals surface area contributed by atoms with Crippen molar-refractivity contribution in [1.82, 2.24) is 4.90 Å². The first-order valence-corrected chi connectivity index (χ1v) is 7.72. The molecule has 1 aliphatic heterocycles. The van der Waals surface area contributed by atoms with E-state index in [1.807, 2.05) is 0 Å². The molecule has 3 heteroatoms. The van der Waals surface area contributed by atoms with Crippen LogP contribution < -0.4 is 0 Å². The summed E-state index contributed by atoms with van der Waals surface area (Å²) in [6.45, 7) is 3.58. The largest absolute Gasteiger partial charge is 0.299 e. The maximum absolute atomic E-state index is 3.58. The Kier molecular flexibility index (Phi) is 4.86. The third-order valence-corrected chi connectivity index (χ3v) is 4.69. The molecule has 0 atom stereocenters. The number of benzene rings is 1. The molecule has 1 fully saturated rings. The van der Waals surface area contributed by atoms with E-state index in [2.05, 4.69) is 61.0 Å². The van der Waals surface area contributed by atoms with Crippen LogP contribution in [0, 0.1) is 5.92 Å². The molecule has 88 valence electrons. The number of hydrogen-bond acceptors (Lipinski definition) is 1. The molecule has 16 heavy (non-hydrogen) atoms. The molecule has 0 bridgehead atoms. The van der Waals surface area contributed by atoms with Gasteiger partial charge in [-0.25, -0.2) is 0 Å². The molecule has 0 unspecified atom stereocenters. The highest BCUT2D eigenvalue weighted by atomic mass is 79.9. The van der Waals surface area contributed by atoms with Crippen molar-refractivity contribution < 1.29 is 0 Å². The number of hydrogen-bond donors (Lipinski definition) is 0. The van der Waals surface area contributed by atoms with Crippen molar-refractivity contribution in [2.45, 2.75) is 19.4 Å². The van der Waals surface area contributed by atoms with Gasteiger partial charge in [0, 0.05) is 16.3 Å². The van der Waals surface area contributed by atoms with Crippen molar-refractivity contribution in [2.24, 2.45) is 5.92 Å². The van der Waals surface area contributed by atoms with Crippen molar-refractivity contribution >= 4 is 31.9 Å². The molecular weight excluding hydrogens is 330 g/mol. The summed E-state index contributed by atoms with van der Waals surface area (Å²) in [6.07, 6.45) is 2.67. The fourth-order valence-corrected chi connectivity index (χ4v) is 3.06. The first-order valence-electron chi connectivity index (χ1n) is 5.80. The van der Waals surface area contributed by atoms with Gasteiger partial charge in [-0.2, -0.15) is 0 Å². The van der Waals surface area contributed by atoms with Gasteiger partial charge < -0.3 is 0 Å². The summed E-state index contributed by atoms with van der Waals surface area (Å²) in [5.41, 5.74) is 1.42. The number of nitrogens with zero attached hydrogens (tertiary/aromatic N) is 1. The standard InChI is InChI=1S/C13H17Br2N/c14-9-11-5-7-16(8-6-11)10-12-1-3-13(15)4-2-12/h1-4,11H,5-10H2. The molecule has 1 aromatic carbocycles. The second kappa shape index (κ2) is 6.18. The lowest BCUT2D eigenvalue weighted by atomic mass is 9.99. The molecule has 0 aliphatic carbocycles. The van der Waals surface area contributed by atoms with E-state index in [1.165, 1.54) is 36.8 Å². The third-order valence-electron chi connectivity index (χ3n) is 3.24. The van der Waals surface area contributed by atoms with Gasteiger partial charge in [0.05, 0.1) is 0 Å². The number of likely N-dealkylation sites (tertiary alicyclic amines) is 1. The van der Waals surface area contributed by atoms with Crippen LogP contribution in [0.1, 0.15) is 18.4 Å². The molecule has 0 radical (unpaired) electrons. The third kappa shape index (κ3) is 3.57. The number of piperidine rings is 1. The molecule has 0 aromatic heterocycles. The van der Waals surface area contributed by atoms with E-state index >= 15 is 0 Å². The summed E-state index contributed by atoms with van der Waals surface area (Å²) in [5.74, 6) is 0.890. The van der Waals surface area contributed by atoms with E-state index < -0.39 is 0 Å². The Morgan fingerprint density at radius 3 is 2.31 bits per heavy atom. The number of alkyl halides is 1. The molecule has 2 rings (SSSR count). The fraction of sp³-hybridized carbons (Fsp3) is 0.538. The summed E-state index contributed by atoms with van der Waals surface area (Å²) in [7, 11) is 0. The second-order valence-electron chi connectivity index (χ2n) is 4.50. The van der Waals surface area contributed by atoms with Crippen LogP contribution in [0.5, 0.6) is 0 Å². The van der Waals surface area contributed by atoms with Crippen LogP contribution in [0.2, 0.25) is 0 Å². The van der Waals surface area contributed by atoms with Gasteiger partial charge in [0.1, 0.15) is 0 Å². The van der Waals surface area contributed by atoms with Crippen LogP contribution in [0.3, 0.4) is 0 Å². The van der Waals surface area contributed by atoms with Gasteiger partial charge in [0.25, 0.3) is 0 Å². The van der Waals surface area contributed by atoms with Gasteiger partial charge >= 0.3 is 0 Å². The molecule has 1 nitrogen and oxygen atoms in total. The highest BCUT2D eigenvalue weighted by molar-refractivity contribution is 9.10. The molecule has 0 amide bonds. The van der Waals surface area contributed by atoms with E-state index in [9.17, 15) is 0 Å². The Morgan fingerprint density at radius 2 is 1.75 bits per heavy atom. The van der Waals surface area contributed by atoms with Crippen LogP contribution >= 0.6 is 31.9 Å². The summed E-state index contributed by atoms with van der Waals surface area (Å²) in [6, 6.07) is 8.67. The van der Waals surface area contributed by atoms with Gasteiger partial charge in [0.2, 0.25) is 0 Å². The van der Waals surface area contributed by atoms with Crippen molar-refractivity contribution in [2.75, 3.05) is 18.4 Å². The molecule has 1 heterocycles. The van der Waals surface area contributed by atoms with Crippen LogP contribution in [-0.4, -0.2) is 23.3 Å². The Morgan fingerprint density at radius 1 is 1.12 bits per heavy atom. The maximum atomic E-state index is 3.58. The highest BCUT2D eigenvalue weighted by Crippen LogP contribution is 2.21. The minimum Gasteiger partial charge on any atom is -0.299 e. The summed E-state index contributed by atoms with van der Waals surface area (Å²) in [5, 5.41) is 1.17. The first kappa shape index (κ1) is 12.6. The Bertz CT molecular complexity index is 315. The summed E-state index contributed by atoms with van der Waals surface area (Å²) >= 11 is 7.05. The minimum absolute atomic E-state index is 0.890. The summed E-state index contributed by atoms with van der Waals surface area (Å²) < 4.78 is 1.16. The normalized spacial score (nSPS) is 18.9. The van der Waals surface area contributed by atoms with Crippen LogP contribution in [0.15, 0.2) is 28.7 Å². The smallest absolute Gasteiger partial charge is 0.0233 e. The van der Waals surface area contributed by atoms with E-state index in [4.69, 9.17) is 0 Å². The Balaban J connectivity index is 1.84. The first-order chi connectivity index (χ1) is 7.78. The Hall–Kier alpha value is 0.140. The molecule has 0 spiro atoms. The average molecular weight is 347 g/mol. The number of halogens is 2. The lowest BCUT2D eigenvalue weighted by molar-refractivity contribution is 0.187. The fourth-order valence-electron chi connectivity index (χ4n) is 2.15. The van der Waals surface area contributed by atoms with E-state index in [-0.39, 0.29) is 0 Å². The predicted octanol–water partition coefficient (Wildman–Crippen LogP) is 4.06. The van der Waals surface area contributed by atoms with E-state index in [1.54, 1.807) is 0 Å². The molecule has 0 N–H and O–H groups in total. The van der Waals surface area contributed by atoms with Crippen LogP contribution in [0.25, 0.3) is 0 Å². The van der Waals surface area contributed by atoms with E-state index in [0.717, 1.165) is 16.9 Å². The monoisotopic (exact) mass is 345 g/mol. The lowest BCUT2D eigenvalue weighted by Crippen LogP contribution is -2.33. The van der Waals surface area contributed by atoms with Crippen molar-refractivity contribution in [3.8, 4) is 0 Å². The quantitative estimate of drug-likeness (QED) is 0.746. The van der Waals surface area contributed by atoms with Crippen molar-refractivity contribution in [3.63, 3.8) is 0 Å². The van der Waals surface area contributed by atoms with Gasteiger partial charge in [-0.05, 0) is 49.5 Å². The van der Waals surface area contributed by atoms with Gasteiger partial charge in [0.15, 0.2) is 0 Å². The number of rotatable bonds is 3. The van der Waals surface area contributed by atoms with Gasteiger partial charge in [-0.1, -0.05) is 44.0 Å². The Labute approximate surface area is 114 Å². The molecule has 1 saturated heterocycles. The van der Waals surface area contributed by atoms with Crippen LogP contribution in [-0.2, 0) is 6.54 Å². The minimum atomic E-state index is 0.890. The second-order valence-corrected chi connectivity index (χ2v) is 6.06. The zero-order chi connectivity index (χ0) is 11.4.